The number of nitrogens with zero attached hydrogens (tertiary/aromatic N) is 3. The molecule has 0 saturated carbocycles. The van der Waals surface area contributed by atoms with Gasteiger partial charge in [-0.2, -0.15) is 0 Å². The smallest absolute Gasteiger partial charge is 0.316 e. The van der Waals surface area contributed by atoms with Crippen LogP contribution in [-0.2, 0) is 9.53 Å². The molecule has 0 aliphatic rings. The number of hydrogen-bond donors (Lipinski definition) is 0. The van der Waals surface area contributed by atoms with Crippen molar-refractivity contribution >= 4 is 17.7 Å². The second-order valence-corrected chi connectivity index (χ2v) is 7.65. The number of benzene rings is 2. The van der Waals surface area contributed by atoms with Crippen LogP contribution in [0.4, 0.5) is 0 Å². The summed E-state index contributed by atoms with van der Waals surface area (Å²) in [7, 11) is 0. The van der Waals surface area contributed by atoms with Crippen molar-refractivity contribution in [3.8, 4) is 17.1 Å². The fourth-order valence-electron chi connectivity index (χ4n) is 2.37. The van der Waals surface area contributed by atoms with Crippen molar-refractivity contribution in [3.05, 3.63) is 60.7 Å². The summed E-state index contributed by atoms with van der Waals surface area (Å²) >= 11 is 1.28. The molecule has 134 valence electrons. The Morgan fingerprint density at radius 1 is 1.04 bits per heavy atom. The molecule has 0 radical (unpaired) electrons. The van der Waals surface area contributed by atoms with Crippen LogP contribution in [0.5, 0.6) is 0 Å². The first-order chi connectivity index (χ1) is 12.4. The SMILES string of the molecule is CC(C)(C)OC(=O)CSc1nc(-c2ccccc2)n(-c2ccccc2)n1. The third-order valence-electron chi connectivity index (χ3n) is 3.36. The maximum Gasteiger partial charge on any atom is 0.316 e. The normalized spacial score (nSPS) is 11.3. The molecule has 0 aliphatic heterocycles. The molecule has 0 spiro atoms. The van der Waals surface area contributed by atoms with Crippen molar-refractivity contribution in [1.29, 1.82) is 0 Å². The Balaban J connectivity index is 1.86. The van der Waals surface area contributed by atoms with Crippen molar-refractivity contribution in [2.75, 3.05) is 5.75 Å². The molecule has 0 aliphatic carbocycles. The second-order valence-electron chi connectivity index (χ2n) is 6.71. The summed E-state index contributed by atoms with van der Waals surface area (Å²) in [6, 6.07) is 19.7. The van der Waals surface area contributed by atoms with Gasteiger partial charge in [0.05, 0.1) is 11.4 Å². The van der Waals surface area contributed by atoms with E-state index in [0.717, 1.165) is 17.1 Å². The van der Waals surface area contributed by atoms with Gasteiger partial charge in [-0.3, -0.25) is 4.79 Å². The Hall–Kier alpha value is -2.60. The number of thioether (sulfide) groups is 1. The summed E-state index contributed by atoms with van der Waals surface area (Å²) in [5.74, 6) is 0.632. The number of carbonyl (C=O) groups excluding carboxylic acids is 1. The minimum Gasteiger partial charge on any atom is -0.459 e. The first-order valence-electron chi connectivity index (χ1n) is 8.35. The average molecular weight is 367 g/mol. The zero-order valence-electron chi connectivity index (χ0n) is 15.0. The minimum absolute atomic E-state index is 0.171. The first kappa shape index (κ1) is 18.2. The fourth-order valence-corrected chi connectivity index (χ4v) is 2.97. The van der Waals surface area contributed by atoms with Gasteiger partial charge in [-0.15, -0.1) is 5.10 Å². The van der Waals surface area contributed by atoms with Crippen LogP contribution in [0.1, 0.15) is 20.8 Å². The largest absolute Gasteiger partial charge is 0.459 e. The van der Waals surface area contributed by atoms with Crippen LogP contribution < -0.4 is 0 Å². The van der Waals surface area contributed by atoms with E-state index in [9.17, 15) is 4.79 Å². The standard InChI is InChI=1S/C20H21N3O2S/c1-20(2,3)25-17(24)14-26-19-21-18(15-10-6-4-7-11-15)23(22-19)16-12-8-5-9-13-16/h4-13H,14H2,1-3H3. The van der Waals surface area contributed by atoms with Gasteiger partial charge in [0.25, 0.3) is 0 Å². The van der Waals surface area contributed by atoms with Crippen molar-refractivity contribution in [3.63, 3.8) is 0 Å². The molecule has 0 bridgehead atoms. The van der Waals surface area contributed by atoms with Crippen LogP contribution in [0.2, 0.25) is 0 Å². The molecule has 0 unspecified atom stereocenters. The van der Waals surface area contributed by atoms with Gasteiger partial charge in [0.2, 0.25) is 5.16 Å². The van der Waals surface area contributed by atoms with E-state index in [1.54, 1.807) is 4.68 Å². The lowest BCUT2D eigenvalue weighted by atomic mass is 10.2. The Labute approximate surface area is 157 Å². The van der Waals surface area contributed by atoms with Crippen LogP contribution in [0.25, 0.3) is 17.1 Å². The summed E-state index contributed by atoms with van der Waals surface area (Å²) in [5, 5.41) is 5.13. The highest BCUT2D eigenvalue weighted by Gasteiger charge is 2.19. The summed E-state index contributed by atoms with van der Waals surface area (Å²) in [6.45, 7) is 5.56. The maximum absolute atomic E-state index is 12.0. The number of carbonyl (C=O) groups is 1. The third-order valence-corrected chi connectivity index (χ3v) is 4.17. The molecule has 5 nitrogen and oxygen atoms in total. The minimum atomic E-state index is -0.496. The van der Waals surface area contributed by atoms with E-state index in [0.29, 0.717) is 5.16 Å². The quantitative estimate of drug-likeness (QED) is 0.495. The van der Waals surface area contributed by atoms with Gasteiger partial charge in [-0.25, -0.2) is 9.67 Å². The van der Waals surface area contributed by atoms with Crippen molar-refractivity contribution in [1.82, 2.24) is 14.8 Å². The van der Waals surface area contributed by atoms with Gasteiger partial charge in [-0.1, -0.05) is 60.3 Å². The summed E-state index contributed by atoms with van der Waals surface area (Å²) in [4.78, 5) is 16.6. The predicted molar refractivity (Wildman–Crippen MR) is 103 cm³/mol. The molecule has 1 heterocycles. The Morgan fingerprint density at radius 2 is 1.65 bits per heavy atom. The van der Waals surface area contributed by atoms with Crippen LogP contribution in [0, 0.1) is 0 Å². The second kappa shape index (κ2) is 7.74. The number of esters is 1. The highest BCUT2D eigenvalue weighted by Crippen LogP contribution is 2.25. The lowest BCUT2D eigenvalue weighted by Crippen LogP contribution is -2.24. The number of hydrogen-bond acceptors (Lipinski definition) is 5. The van der Waals surface area contributed by atoms with Gasteiger partial charge >= 0.3 is 5.97 Å². The van der Waals surface area contributed by atoms with Crippen LogP contribution in [-0.4, -0.2) is 32.1 Å². The van der Waals surface area contributed by atoms with E-state index in [4.69, 9.17) is 4.74 Å². The molecular formula is C20H21N3O2S. The fraction of sp³-hybridized carbons (Fsp3) is 0.250. The molecule has 26 heavy (non-hydrogen) atoms. The van der Waals surface area contributed by atoms with Crippen LogP contribution in [0.15, 0.2) is 65.8 Å². The Morgan fingerprint density at radius 3 is 2.27 bits per heavy atom. The zero-order valence-corrected chi connectivity index (χ0v) is 15.9. The molecule has 6 heteroatoms. The van der Waals surface area contributed by atoms with E-state index in [-0.39, 0.29) is 11.7 Å². The third kappa shape index (κ3) is 4.73. The molecule has 0 amide bonds. The van der Waals surface area contributed by atoms with Gasteiger partial charge in [0.1, 0.15) is 5.60 Å². The molecule has 3 rings (SSSR count). The van der Waals surface area contributed by atoms with Crippen molar-refractivity contribution in [2.45, 2.75) is 31.5 Å². The number of rotatable bonds is 5. The van der Waals surface area contributed by atoms with Crippen LogP contribution >= 0.6 is 11.8 Å². The molecule has 0 atom stereocenters. The molecule has 0 saturated heterocycles. The highest BCUT2D eigenvalue weighted by atomic mass is 32.2. The molecule has 0 fully saturated rings. The molecule has 1 aromatic heterocycles. The summed E-state index contributed by atoms with van der Waals surface area (Å²) in [6.07, 6.45) is 0. The summed E-state index contributed by atoms with van der Waals surface area (Å²) < 4.78 is 7.14. The average Bonchev–Trinajstić information content (AvgIpc) is 3.04. The predicted octanol–water partition coefficient (Wildman–Crippen LogP) is 4.37. The molecule has 0 N–H and O–H groups in total. The zero-order chi connectivity index (χ0) is 18.6. The van der Waals surface area contributed by atoms with E-state index >= 15 is 0 Å². The van der Waals surface area contributed by atoms with Crippen molar-refractivity contribution < 1.29 is 9.53 Å². The number of aromatic nitrogens is 3. The molecule has 2 aromatic carbocycles. The number of para-hydroxylation sites is 1. The molecule has 3 aromatic rings. The lowest BCUT2D eigenvalue weighted by molar-refractivity contribution is -0.151. The topological polar surface area (TPSA) is 57.0 Å². The number of ether oxygens (including phenoxy) is 1. The lowest BCUT2D eigenvalue weighted by Gasteiger charge is -2.18. The van der Waals surface area contributed by atoms with Gasteiger partial charge in [-0.05, 0) is 32.9 Å². The Bertz CT molecular complexity index is 814. The highest BCUT2D eigenvalue weighted by molar-refractivity contribution is 7.99. The Kier molecular flexibility index (Phi) is 5.42. The summed E-state index contributed by atoms with van der Waals surface area (Å²) in [5.41, 5.74) is 1.39. The molecular weight excluding hydrogens is 346 g/mol. The maximum atomic E-state index is 12.0. The van der Waals surface area contributed by atoms with Crippen molar-refractivity contribution in [2.24, 2.45) is 0 Å². The van der Waals surface area contributed by atoms with Gasteiger partial charge in [0.15, 0.2) is 5.82 Å². The van der Waals surface area contributed by atoms with E-state index in [2.05, 4.69) is 10.1 Å². The van der Waals surface area contributed by atoms with Gasteiger partial charge < -0.3 is 4.74 Å². The monoisotopic (exact) mass is 367 g/mol. The van der Waals surface area contributed by atoms with E-state index in [1.807, 2.05) is 81.4 Å². The van der Waals surface area contributed by atoms with E-state index < -0.39 is 5.60 Å². The van der Waals surface area contributed by atoms with Crippen LogP contribution in [0.3, 0.4) is 0 Å². The first-order valence-corrected chi connectivity index (χ1v) is 9.33. The van der Waals surface area contributed by atoms with E-state index in [1.165, 1.54) is 11.8 Å². The van der Waals surface area contributed by atoms with Gasteiger partial charge in [0, 0.05) is 5.56 Å².